The summed E-state index contributed by atoms with van der Waals surface area (Å²) in [4.78, 5) is 25.8. The first-order chi connectivity index (χ1) is 13.5. The molecule has 0 spiro atoms. The molecular weight excluding hydrogens is 354 g/mol. The maximum Gasteiger partial charge on any atom is 0.254 e. The number of rotatable bonds is 5. The van der Waals surface area contributed by atoms with Gasteiger partial charge < -0.3 is 16.4 Å². The lowest BCUT2D eigenvalue weighted by Crippen LogP contribution is -2.52. The monoisotopic (exact) mass is 379 g/mol. The van der Waals surface area contributed by atoms with Crippen LogP contribution in [0.2, 0.25) is 0 Å². The number of benzene rings is 1. The number of aryl methyl sites for hydroxylation is 1. The number of aromatic nitrogens is 2. The van der Waals surface area contributed by atoms with Gasteiger partial charge in [0.05, 0.1) is 18.3 Å². The Labute approximate surface area is 164 Å². The van der Waals surface area contributed by atoms with Crippen LogP contribution in [0.5, 0.6) is 0 Å². The smallest absolute Gasteiger partial charge is 0.254 e. The van der Waals surface area contributed by atoms with Crippen LogP contribution in [0.25, 0.3) is 0 Å². The van der Waals surface area contributed by atoms with E-state index in [4.69, 9.17) is 16.6 Å². The highest BCUT2D eigenvalue weighted by molar-refractivity contribution is 5.98. The number of hydrogen-bond acceptors (Lipinski definition) is 4. The van der Waals surface area contributed by atoms with Gasteiger partial charge >= 0.3 is 0 Å². The third-order valence-corrected chi connectivity index (χ3v) is 5.98. The predicted molar refractivity (Wildman–Crippen MR) is 107 cm³/mol. The highest BCUT2D eigenvalue weighted by atomic mass is 16.2. The van der Waals surface area contributed by atoms with Gasteiger partial charge in [0.25, 0.3) is 5.91 Å². The fourth-order valence-electron chi connectivity index (χ4n) is 4.34. The molecule has 7 nitrogen and oxygen atoms in total. The van der Waals surface area contributed by atoms with E-state index in [0.29, 0.717) is 30.2 Å². The highest BCUT2D eigenvalue weighted by Crippen LogP contribution is 2.35. The van der Waals surface area contributed by atoms with E-state index in [9.17, 15) is 9.59 Å². The molecule has 1 unspecified atom stereocenters. The number of likely N-dealkylation sites (tertiary alicyclic amines) is 1. The SMILES string of the molecule is C=CC(=O)N1CC[C@H]1Cn1nc(C2CCc3ccccc3C2)c(C(N)=O)c1N. The molecule has 1 aromatic heterocycles. The summed E-state index contributed by atoms with van der Waals surface area (Å²) in [6.45, 7) is 4.70. The van der Waals surface area contributed by atoms with E-state index in [1.165, 1.54) is 17.2 Å². The van der Waals surface area contributed by atoms with Gasteiger partial charge in [-0.3, -0.25) is 9.59 Å². The highest BCUT2D eigenvalue weighted by Gasteiger charge is 2.34. The summed E-state index contributed by atoms with van der Waals surface area (Å²) in [7, 11) is 0. The molecule has 0 bridgehead atoms. The average Bonchev–Trinajstić information content (AvgIpc) is 3.01. The molecule has 2 heterocycles. The molecule has 2 atom stereocenters. The van der Waals surface area contributed by atoms with Crippen LogP contribution in [0, 0.1) is 0 Å². The summed E-state index contributed by atoms with van der Waals surface area (Å²) < 4.78 is 1.64. The van der Waals surface area contributed by atoms with Crippen molar-refractivity contribution in [2.75, 3.05) is 12.3 Å². The van der Waals surface area contributed by atoms with Crippen molar-refractivity contribution in [3.63, 3.8) is 0 Å². The second kappa shape index (κ2) is 7.14. The molecule has 146 valence electrons. The minimum atomic E-state index is -0.551. The molecule has 1 aromatic carbocycles. The molecule has 2 aliphatic rings. The Balaban J connectivity index is 1.62. The van der Waals surface area contributed by atoms with E-state index in [1.54, 1.807) is 9.58 Å². The molecule has 1 aliphatic carbocycles. The van der Waals surface area contributed by atoms with Gasteiger partial charge in [0.15, 0.2) is 0 Å². The minimum absolute atomic E-state index is 0.00774. The number of carbonyl (C=O) groups is 2. The summed E-state index contributed by atoms with van der Waals surface area (Å²) in [5, 5.41) is 4.70. The third kappa shape index (κ3) is 3.06. The molecule has 0 saturated carbocycles. The molecule has 4 N–H and O–H groups in total. The van der Waals surface area contributed by atoms with Gasteiger partial charge in [0.1, 0.15) is 11.4 Å². The molecule has 4 rings (SSSR count). The standard InChI is InChI=1S/C21H25N5O2/c1-2-17(27)25-10-9-16(25)12-26-20(22)18(21(23)28)19(24-26)15-8-7-13-5-3-4-6-14(13)11-15/h2-6,15-16H,1,7-12,22H2,(H2,23,28)/t15?,16-/m0/s1. The summed E-state index contributed by atoms with van der Waals surface area (Å²) in [6, 6.07) is 8.36. The maximum absolute atomic E-state index is 12.1. The van der Waals surface area contributed by atoms with Crippen LogP contribution in [-0.4, -0.2) is 39.1 Å². The van der Waals surface area contributed by atoms with Gasteiger partial charge in [0, 0.05) is 12.5 Å². The van der Waals surface area contributed by atoms with E-state index in [0.717, 1.165) is 25.7 Å². The van der Waals surface area contributed by atoms with E-state index in [1.807, 2.05) is 6.07 Å². The molecule has 1 aliphatic heterocycles. The van der Waals surface area contributed by atoms with Gasteiger partial charge in [-0.2, -0.15) is 5.10 Å². The second-order valence-electron chi connectivity index (χ2n) is 7.58. The number of anilines is 1. The van der Waals surface area contributed by atoms with Crippen LogP contribution < -0.4 is 11.5 Å². The van der Waals surface area contributed by atoms with E-state index < -0.39 is 5.91 Å². The van der Waals surface area contributed by atoms with E-state index in [2.05, 4.69) is 24.8 Å². The number of nitrogens with two attached hydrogens (primary N) is 2. The normalized spacial score (nSPS) is 20.9. The zero-order chi connectivity index (χ0) is 19.8. The number of hydrogen-bond donors (Lipinski definition) is 2. The first kappa shape index (κ1) is 18.3. The van der Waals surface area contributed by atoms with E-state index in [-0.39, 0.29) is 17.9 Å². The number of nitrogen functional groups attached to an aromatic ring is 1. The van der Waals surface area contributed by atoms with Gasteiger partial charge in [-0.1, -0.05) is 30.8 Å². The van der Waals surface area contributed by atoms with Crippen LogP contribution in [0.1, 0.15) is 45.9 Å². The summed E-state index contributed by atoms with van der Waals surface area (Å²) >= 11 is 0. The molecule has 28 heavy (non-hydrogen) atoms. The number of amides is 2. The van der Waals surface area contributed by atoms with Crippen molar-refractivity contribution in [2.45, 2.75) is 44.2 Å². The number of primary amides is 1. The van der Waals surface area contributed by atoms with Crippen molar-refractivity contribution < 1.29 is 9.59 Å². The molecule has 2 aromatic rings. The maximum atomic E-state index is 12.1. The van der Waals surface area contributed by atoms with Gasteiger partial charge in [-0.15, -0.1) is 0 Å². The van der Waals surface area contributed by atoms with Crippen molar-refractivity contribution >= 4 is 17.6 Å². The van der Waals surface area contributed by atoms with Crippen LogP contribution in [0.4, 0.5) is 5.82 Å². The molecular formula is C21H25N5O2. The zero-order valence-corrected chi connectivity index (χ0v) is 15.8. The predicted octanol–water partition coefficient (Wildman–Crippen LogP) is 1.62. The molecule has 2 amide bonds. The molecule has 7 heteroatoms. The Hall–Kier alpha value is -3.09. The fourth-order valence-corrected chi connectivity index (χ4v) is 4.34. The summed E-state index contributed by atoms with van der Waals surface area (Å²) in [5.74, 6) is -0.251. The first-order valence-corrected chi connectivity index (χ1v) is 9.65. The van der Waals surface area contributed by atoms with Crippen molar-refractivity contribution in [1.29, 1.82) is 0 Å². The van der Waals surface area contributed by atoms with Gasteiger partial charge in [-0.05, 0) is 42.9 Å². The Morgan fingerprint density at radius 1 is 1.25 bits per heavy atom. The zero-order valence-electron chi connectivity index (χ0n) is 15.8. The molecule has 1 fully saturated rings. The lowest BCUT2D eigenvalue weighted by molar-refractivity contribution is -0.133. The van der Waals surface area contributed by atoms with Crippen molar-refractivity contribution in [3.8, 4) is 0 Å². The Morgan fingerprint density at radius 3 is 2.64 bits per heavy atom. The number of nitrogens with zero attached hydrogens (tertiary/aromatic N) is 3. The number of fused-ring (bicyclic) bond motifs is 1. The topological polar surface area (TPSA) is 107 Å². The van der Waals surface area contributed by atoms with Gasteiger partial charge in [-0.25, -0.2) is 4.68 Å². The summed E-state index contributed by atoms with van der Waals surface area (Å²) in [5.41, 5.74) is 15.6. The minimum Gasteiger partial charge on any atom is -0.383 e. The Bertz CT molecular complexity index is 948. The van der Waals surface area contributed by atoms with Gasteiger partial charge in [0.2, 0.25) is 5.91 Å². The third-order valence-electron chi connectivity index (χ3n) is 5.98. The second-order valence-corrected chi connectivity index (χ2v) is 7.58. The van der Waals surface area contributed by atoms with Crippen LogP contribution >= 0.6 is 0 Å². The average molecular weight is 379 g/mol. The van der Waals surface area contributed by atoms with Crippen molar-refractivity contribution in [1.82, 2.24) is 14.7 Å². The first-order valence-electron chi connectivity index (χ1n) is 9.65. The number of carbonyl (C=O) groups excluding carboxylic acids is 2. The summed E-state index contributed by atoms with van der Waals surface area (Å²) in [6.07, 6.45) is 4.85. The quantitative estimate of drug-likeness (QED) is 0.770. The largest absolute Gasteiger partial charge is 0.383 e. The Kier molecular flexibility index (Phi) is 4.66. The lowest BCUT2D eigenvalue weighted by atomic mass is 9.81. The van der Waals surface area contributed by atoms with Crippen LogP contribution in [-0.2, 0) is 24.2 Å². The fraction of sp³-hybridized carbons (Fsp3) is 0.381. The molecule has 1 saturated heterocycles. The van der Waals surface area contributed by atoms with E-state index >= 15 is 0 Å². The van der Waals surface area contributed by atoms with Crippen molar-refractivity contribution in [2.24, 2.45) is 5.73 Å². The van der Waals surface area contributed by atoms with Crippen molar-refractivity contribution in [3.05, 3.63) is 59.3 Å². The van der Waals surface area contributed by atoms with Crippen LogP contribution in [0.15, 0.2) is 36.9 Å². The molecule has 0 radical (unpaired) electrons. The Morgan fingerprint density at radius 2 is 2.00 bits per heavy atom. The van der Waals surface area contributed by atoms with Crippen LogP contribution in [0.3, 0.4) is 0 Å². The lowest BCUT2D eigenvalue weighted by Gasteiger charge is -2.40.